The van der Waals surface area contributed by atoms with Crippen molar-refractivity contribution < 1.29 is 19.8 Å². The van der Waals surface area contributed by atoms with Crippen LogP contribution in [0.25, 0.3) is 0 Å². The standard InChI is InChI=1S/C16H22O4/c1-2-3-4-5-6-13(17)8-10-14(18)12-7-9-15(19)16(20)11-12/h7,9,11,19-20H,2-6,8,10H2,1H3. The first-order valence-electron chi connectivity index (χ1n) is 7.11. The summed E-state index contributed by atoms with van der Waals surface area (Å²) in [5.74, 6) is -0.657. The molecule has 20 heavy (non-hydrogen) atoms. The van der Waals surface area contributed by atoms with E-state index in [1.54, 1.807) is 0 Å². The van der Waals surface area contributed by atoms with E-state index in [9.17, 15) is 14.7 Å². The van der Waals surface area contributed by atoms with Gasteiger partial charge >= 0.3 is 0 Å². The molecule has 0 spiro atoms. The molecule has 0 aliphatic rings. The molecule has 0 unspecified atom stereocenters. The predicted octanol–water partition coefficient (Wildman–Crippen LogP) is 3.60. The largest absolute Gasteiger partial charge is 0.504 e. The van der Waals surface area contributed by atoms with Crippen LogP contribution in [0.4, 0.5) is 0 Å². The zero-order valence-corrected chi connectivity index (χ0v) is 11.9. The van der Waals surface area contributed by atoms with Gasteiger partial charge in [-0.05, 0) is 24.6 Å². The van der Waals surface area contributed by atoms with Gasteiger partial charge in [-0.1, -0.05) is 26.2 Å². The topological polar surface area (TPSA) is 74.6 Å². The number of rotatable bonds is 9. The molecule has 0 saturated heterocycles. The van der Waals surface area contributed by atoms with Gasteiger partial charge < -0.3 is 10.2 Å². The lowest BCUT2D eigenvalue weighted by Gasteiger charge is -2.03. The van der Waals surface area contributed by atoms with Crippen LogP contribution in [0.1, 0.15) is 62.2 Å². The fraction of sp³-hybridized carbons (Fsp3) is 0.500. The molecule has 0 aromatic heterocycles. The second kappa shape index (κ2) is 8.35. The normalized spacial score (nSPS) is 10.4. The monoisotopic (exact) mass is 278 g/mol. The van der Waals surface area contributed by atoms with Crippen molar-refractivity contribution in [2.24, 2.45) is 0 Å². The van der Waals surface area contributed by atoms with E-state index in [2.05, 4.69) is 6.92 Å². The Labute approximate surface area is 119 Å². The Balaban J connectivity index is 2.35. The number of carbonyl (C=O) groups excluding carboxylic acids is 2. The van der Waals surface area contributed by atoms with Gasteiger partial charge in [-0.3, -0.25) is 9.59 Å². The Morgan fingerprint density at radius 1 is 0.950 bits per heavy atom. The van der Waals surface area contributed by atoms with Crippen LogP contribution in [0.3, 0.4) is 0 Å². The zero-order valence-electron chi connectivity index (χ0n) is 11.9. The number of Topliss-reactive ketones (excluding diaryl/α,β-unsaturated/α-hetero) is 2. The third kappa shape index (κ3) is 5.43. The molecule has 0 heterocycles. The van der Waals surface area contributed by atoms with Gasteiger partial charge in [0.2, 0.25) is 0 Å². The highest BCUT2D eigenvalue weighted by Crippen LogP contribution is 2.25. The van der Waals surface area contributed by atoms with E-state index in [0.717, 1.165) is 25.7 Å². The number of aromatic hydroxyl groups is 2. The molecule has 0 fully saturated rings. The second-order valence-electron chi connectivity index (χ2n) is 4.98. The summed E-state index contributed by atoms with van der Waals surface area (Å²) in [6, 6.07) is 3.95. The lowest BCUT2D eigenvalue weighted by molar-refractivity contribution is -0.119. The predicted molar refractivity (Wildman–Crippen MR) is 77.1 cm³/mol. The second-order valence-corrected chi connectivity index (χ2v) is 4.98. The summed E-state index contributed by atoms with van der Waals surface area (Å²) in [4.78, 5) is 23.5. The van der Waals surface area contributed by atoms with E-state index < -0.39 is 0 Å². The molecule has 0 amide bonds. The molecule has 0 radical (unpaired) electrons. The minimum Gasteiger partial charge on any atom is -0.504 e. The molecule has 0 atom stereocenters. The number of ketones is 2. The molecule has 0 aliphatic carbocycles. The first kappa shape index (κ1) is 16.2. The molecule has 0 saturated carbocycles. The Kier molecular flexibility index (Phi) is 6.77. The minimum absolute atomic E-state index is 0.109. The average Bonchev–Trinajstić information content (AvgIpc) is 2.44. The van der Waals surface area contributed by atoms with Gasteiger partial charge in [0.15, 0.2) is 17.3 Å². The van der Waals surface area contributed by atoms with E-state index in [-0.39, 0.29) is 35.9 Å². The van der Waals surface area contributed by atoms with Gasteiger partial charge in [0, 0.05) is 24.8 Å². The average molecular weight is 278 g/mol. The molecule has 4 nitrogen and oxygen atoms in total. The molecule has 0 bridgehead atoms. The summed E-state index contributed by atoms with van der Waals surface area (Å²) in [5.41, 5.74) is 0.319. The van der Waals surface area contributed by atoms with Crippen LogP contribution in [0.15, 0.2) is 18.2 Å². The van der Waals surface area contributed by atoms with Gasteiger partial charge in [-0.15, -0.1) is 0 Å². The summed E-state index contributed by atoms with van der Waals surface area (Å²) >= 11 is 0. The highest BCUT2D eigenvalue weighted by atomic mass is 16.3. The van der Waals surface area contributed by atoms with E-state index in [1.807, 2.05) is 0 Å². The Bertz CT molecular complexity index is 466. The molecule has 1 aromatic carbocycles. The molecular weight excluding hydrogens is 256 g/mol. The maximum atomic E-state index is 11.8. The summed E-state index contributed by atoms with van der Waals surface area (Å²) in [5, 5.41) is 18.5. The van der Waals surface area contributed by atoms with Crippen molar-refractivity contribution in [3.63, 3.8) is 0 Å². The summed E-state index contributed by atoms with van der Waals surface area (Å²) in [6.45, 7) is 2.12. The number of benzene rings is 1. The van der Waals surface area contributed by atoms with E-state index in [0.29, 0.717) is 12.0 Å². The summed E-state index contributed by atoms with van der Waals surface area (Å²) in [7, 11) is 0. The van der Waals surface area contributed by atoms with E-state index in [4.69, 9.17) is 5.11 Å². The Hall–Kier alpha value is -1.84. The van der Waals surface area contributed by atoms with Gasteiger partial charge in [-0.2, -0.15) is 0 Å². The van der Waals surface area contributed by atoms with Crippen molar-refractivity contribution in [1.29, 1.82) is 0 Å². The number of phenolic OH excluding ortho intramolecular Hbond substituents is 2. The smallest absolute Gasteiger partial charge is 0.163 e. The van der Waals surface area contributed by atoms with Crippen LogP contribution in [0.5, 0.6) is 11.5 Å². The Morgan fingerprint density at radius 3 is 2.35 bits per heavy atom. The van der Waals surface area contributed by atoms with Crippen LogP contribution in [-0.4, -0.2) is 21.8 Å². The van der Waals surface area contributed by atoms with Crippen LogP contribution in [0, 0.1) is 0 Å². The third-order valence-electron chi connectivity index (χ3n) is 3.24. The van der Waals surface area contributed by atoms with Crippen LogP contribution >= 0.6 is 0 Å². The molecule has 1 aromatic rings. The lowest BCUT2D eigenvalue weighted by Crippen LogP contribution is -2.04. The third-order valence-corrected chi connectivity index (χ3v) is 3.24. The fourth-order valence-corrected chi connectivity index (χ4v) is 1.97. The van der Waals surface area contributed by atoms with Crippen LogP contribution in [-0.2, 0) is 4.79 Å². The molecule has 1 rings (SSSR count). The zero-order chi connectivity index (χ0) is 15.0. The number of phenols is 2. The van der Waals surface area contributed by atoms with Crippen molar-refractivity contribution in [3.05, 3.63) is 23.8 Å². The van der Waals surface area contributed by atoms with E-state index in [1.165, 1.54) is 18.2 Å². The highest BCUT2D eigenvalue weighted by Gasteiger charge is 2.11. The number of hydrogen-bond donors (Lipinski definition) is 2. The maximum absolute atomic E-state index is 11.8. The highest BCUT2D eigenvalue weighted by molar-refractivity contribution is 5.98. The quantitative estimate of drug-likeness (QED) is 0.411. The van der Waals surface area contributed by atoms with Crippen molar-refractivity contribution in [3.8, 4) is 11.5 Å². The molecule has 0 aliphatic heterocycles. The van der Waals surface area contributed by atoms with Crippen molar-refractivity contribution in [2.75, 3.05) is 0 Å². The van der Waals surface area contributed by atoms with Gasteiger partial charge in [0.05, 0.1) is 0 Å². The maximum Gasteiger partial charge on any atom is 0.163 e. The van der Waals surface area contributed by atoms with Crippen molar-refractivity contribution in [1.82, 2.24) is 0 Å². The van der Waals surface area contributed by atoms with Crippen molar-refractivity contribution in [2.45, 2.75) is 51.9 Å². The minimum atomic E-state index is -0.318. The summed E-state index contributed by atoms with van der Waals surface area (Å²) in [6.07, 6.45) is 5.15. The number of hydrogen-bond acceptors (Lipinski definition) is 4. The molecule has 110 valence electrons. The Morgan fingerprint density at radius 2 is 1.70 bits per heavy atom. The first-order chi connectivity index (χ1) is 9.54. The first-order valence-corrected chi connectivity index (χ1v) is 7.11. The number of unbranched alkanes of at least 4 members (excludes halogenated alkanes) is 3. The van der Waals surface area contributed by atoms with Gasteiger partial charge in [0.25, 0.3) is 0 Å². The van der Waals surface area contributed by atoms with Crippen LogP contribution in [0.2, 0.25) is 0 Å². The van der Waals surface area contributed by atoms with Gasteiger partial charge in [0.1, 0.15) is 5.78 Å². The SMILES string of the molecule is CCCCCCC(=O)CCC(=O)c1ccc(O)c(O)c1. The van der Waals surface area contributed by atoms with E-state index >= 15 is 0 Å². The molecule has 2 N–H and O–H groups in total. The number of carbonyl (C=O) groups is 2. The summed E-state index contributed by atoms with van der Waals surface area (Å²) < 4.78 is 0. The lowest BCUT2D eigenvalue weighted by atomic mass is 10.0. The molecule has 4 heteroatoms. The van der Waals surface area contributed by atoms with Crippen LogP contribution < -0.4 is 0 Å². The fourth-order valence-electron chi connectivity index (χ4n) is 1.97. The molecular formula is C16H22O4. The van der Waals surface area contributed by atoms with Gasteiger partial charge in [-0.25, -0.2) is 0 Å². The van der Waals surface area contributed by atoms with Crippen molar-refractivity contribution >= 4 is 11.6 Å².